The Morgan fingerprint density at radius 2 is 1.91 bits per heavy atom. The summed E-state index contributed by atoms with van der Waals surface area (Å²) in [5.74, 6) is 1.56. The number of unbranched alkanes of at least 4 members (excludes halogenated alkanes) is 1. The highest BCUT2D eigenvalue weighted by Gasteiger charge is 2.10. The number of nitrogens with zero attached hydrogens (tertiary/aromatic N) is 3. The van der Waals surface area contributed by atoms with Gasteiger partial charge in [-0.3, -0.25) is 0 Å². The zero-order valence-electron chi connectivity index (χ0n) is 12.4. The molecule has 0 saturated heterocycles. The SMILES string of the molecule is N#CCCCSc1nc(-c2ccccc2)nc2ccc(Cl)cc12. The maximum Gasteiger partial charge on any atom is 0.161 e. The highest BCUT2D eigenvalue weighted by molar-refractivity contribution is 7.99. The van der Waals surface area contributed by atoms with Gasteiger partial charge in [0.25, 0.3) is 0 Å². The van der Waals surface area contributed by atoms with Crippen LogP contribution in [0.1, 0.15) is 12.8 Å². The molecule has 23 heavy (non-hydrogen) atoms. The molecule has 3 aromatic rings. The molecule has 0 aliphatic heterocycles. The molecular formula is C18H14ClN3S. The van der Waals surface area contributed by atoms with E-state index in [1.54, 1.807) is 11.8 Å². The topological polar surface area (TPSA) is 49.6 Å². The fraction of sp³-hybridized carbons (Fsp3) is 0.167. The molecule has 0 N–H and O–H groups in total. The van der Waals surface area contributed by atoms with Gasteiger partial charge in [0, 0.05) is 28.1 Å². The van der Waals surface area contributed by atoms with Crippen LogP contribution in [-0.4, -0.2) is 15.7 Å². The number of rotatable bonds is 5. The highest BCUT2D eigenvalue weighted by Crippen LogP contribution is 2.30. The van der Waals surface area contributed by atoms with Crippen LogP contribution in [0.3, 0.4) is 0 Å². The Kier molecular flexibility index (Phi) is 5.12. The summed E-state index contributed by atoms with van der Waals surface area (Å²) in [7, 11) is 0. The molecule has 5 heteroatoms. The number of thioether (sulfide) groups is 1. The first-order valence-electron chi connectivity index (χ1n) is 7.30. The average Bonchev–Trinajstić information content (AvgIpc) is 2.59. The minimum atomic E-state index is 0.558. The van der Waals surface area contributed by atoms with Crippen molar-refractivity contribution in [3.8, 4) is 17.5 Å². The van der Waals surface area contributed by atoms with Crippen molar-refractivity contribution < 1.29 is 0 Å². The van der Waals surface area contributed by atoms with Gasteiger partial charge in [-0.2, -0.15) is 5.26 Å². The Labute approximate surface area is 144 Å². The van der Waals surface area contributed by atoms with E-state index in [9.17, 15) is 0 Å². The quantitative estimate of drug-likeness (QED) is 0.357. The number of hydrogen-bond donors (Lipinski definition) is 0. The number of nitriles is 1. The van der Waals surface area contributed by atoms with Crippen molar-refractivity contribution in [1.29, 1.82) is 5.26 Å². The first-order valence-corrected chi connectivity index (χ1v) is 8.67. The van der Waals surface area contributed by atoms with Crippen LogP contribution < -0.4 is 0 Å². The third-order valence-electron chi connectivity index (χ3n) is 3.33. The normalized spacial score (nSPS) is 10.6. The molecule has 2 aromatic carbocycles. The van der Waals surface area contributed by atoms with E-state index >= 15 is 0 Å². The number of aromatic nitrogens is 2. The van der Waals surface area contributed by atoms with Gasteiger partial charge in [0.15, 0.2) is 5.82 Å². The van der Waals surface area contributed by atoms with Crippen molar-refractivity contribution in [2.75, 3.05) is 5.75 Å². The molecule has 0 saturated carbocycles. The molecule has 0 aliphatic carbocycles. The Balaban J connectivity index is 2.03. The van der Waals surface area contributed by atoms with E-state index in [0.29, 0.717) is 17.3 Å². The molecule has 3 rings (SSSR count). The van der Waals surface area contributed by atoms with Crippen LogP contribution >= 0.6 is 23.4 Å². The molecule has 0 atom stereocenters. The van der Waals surface area contributed by atoms with Crippen molar-refractivity contribution in [2.24, 2.45) is 0 Å². The van der Waals surface area contributed by atoms with E-state index in [2.05, 4.69) is 11.1 Å². The summed E-state index contributed by atoms with van der Waals surface area (Å²) in [6.45, 7) is 0. The van der Waals surface area contributed by atoms with Crippen LogP contribution in [0.25, 0.3) is 22.3 Å². The third kappa shape index (κ3) is 3.82. The summed E-state index contributed by atoms with van der Waals surface area (Å²) in [5.41, 5.74) is 1.87. The van der Waals surface area contributed by atoms with Crippen LogP contribution in [0.4, 0.5) is 0 Å². The molecule has 0 radical (unpaired) electrons. The Hall–Kier alpha value is -2.09. The van der Waals surface area contributed by atoms with Gasteiger partial charge in [0.05, 0.1) is 11.6 Å². The van der Waals surface area contributed by atoms with E-state index in [1.807, 2.05) is 48.5 Å². The zero-order chi connectivity index (χ0) is 16.1. The van der Waals surface area contributed by atoms with Crippen molar-refractivity contribution in [3.05, 3.63) is 53.6 Å². The average molecular weight is 340 g/mol. The Morgan fingerprint density at radius 1 is 1.09 bits per heavy atom. The second-order valence-corrected chi connectivity index (χ2v) is 6.51. The van der Waals surface area contributed by atoms with Crippen LogP contribution in [0.2, 0.25) is 5.02 Å². The van der Waals surface area contributed by atoms with E-state index in [-0.39, 0.29) is 0 Å². The maximum absolute atomic E-state index is 8.66. The smallest absolute Gasteiger partial charge is 0.161 e. The van der Waals surface area contributed by atoms with E-state index in [1.165, 1.54) is 0 Å². The summed E-state index contributed by atoms with van der Waals surface area (Å²) in [6, 6.07) is 17.8. The van der Waals surface area contributed by atoms with Gasteiger partial charge < -0.3 is 0 Å². The lowest BCUT2D eigenvalue weighted by Crippen LogP contribution is -1.94. The van der Waals surface area contributed by atoms with Gasteiger partial charge in [-0.15, -0.1) is 11.8 Å². The molecule has 3 nitrogen and oxygen atoms in total. The molecule has 0 bridgehead atoms. The van der Waals surface area contributed by atoms with Crippen molar-refractivity contribution in [2.45, 2.75) is 17.9 Å². The number of fused-ring (bicyclic) bond motifs is 1. The molecule has 0 spiro atoms. The molecule has 0 unspecified atom stereocenters. The standard InChI is InChI=1S/C18H14ClN3S/c19-14-8-9-16-15(12-14)18(23-11-5-4-10-20)22-17(21-16)13-6-2-1-3-7-13/h1-3,6-9,12H,4-5,11H2. The van der Waals surface area contributed by atoms with Gasteiger partial charge in [0.2, 0.25) is 0 Å². The lowest BCUT2D eigenvalue weighted by molar-refractivity contribution is 0.977. The molecule has 1 heterocycles. The maximum atomic E-state index is 8.66. The summed E-state index contributed by atoms with van der Waals surface area (Å²) < 4.78 is 0. The molecule has 0 amide bonds. The van der Waals surface area contributed by atoms with Crippen molar-refractivity contribution in [1.82, 2.24) is 9.97 Å². The van der Waals surface area contributed by atoms with Crippen molar-refractivity contribution >= 4 is 34.3 Å². The summed E-state index contributed by atoms with van der Waals surface area (Å²) in [5, 5.41) is 11.2. The Bertz CT molecular complexity index is 859. The van der Waals surface area contributed by atoms with Gasteiger partial charge in [-0.1, -0.05) is 41.9 Å². The first-order chi connectivity index (χ1) is 11.3. The summed E-state index contributed by atoms with van der Waals surface area (Å²) in [4.78, 5) is 9.38. The number of hydrogen-bond acceptors (Lipinski definition) is 4. The Morgan fingerprint density at radius 3 is 2.70 bits per heavy atom. The molecule has 114 valence electrons. The minimum absolute atomic E-state index is 0.558. The van der Waals surface area contributed by atoms with Gasteiger partial charge >= 0.3 is 0 Å². The second kappa shape index (κ2) is 7.45. The van der Waals surface area contributed by atoms with E-state index in [0.717, 1.165) is 33.7 Å². The van der Waals surface area contributed by atoms with Crippen LogP contribution in [0.15, 0.2) is 53.6 Å². The van der Waals surface area contributed by atoms with Crippen LogP contribution in [-0.2, 0) is 0 Å². The van der Waals surface area contributed by atoms with Crippen molar-refractivity contribution in [3.63, 3.8) is 0 Å². The van der Waals surface area contributed by atoms with Gasteiger partial charge in [-0.25, -0.2) is 9.97 Å². The van der Waals surface area contributed by atoms with Crippen LogP contribution in [0.5, 0.6) is 0 Å². The fourth-order valence-corrected chi connectivity index (χ4v) is 3.34. The highest BCUT2D eigenvalue weighted by atomic mass is 35.5. The third-order valence-corrected chi connectivity index (χ3v) is 4.64. The predicted molar refractivity (Wildman–Crippen MR) is 95.6 cm³/mol. The predicted octanol–water partition coefficient (Wildman–Crippen LogP) is 5.35. The van der Waals surface area contributed by atoms with E-state index < -0.39 is 0 Å². The molecule has 1 aromatic heterocycles. The number of halogens is 1. The number of benzene rings is 2. The molecular weight excluding hydrogens is 326 g/mol. The fourth-order valence-electron chi connectivity index (χ4n) is 2.22. The van der Waals surface area contributed by atoms with Crippen LogP contribution in [0, 0.1) is 11.3 Å². The largest absolute Gasteiger partial charge is 0.228 e. The zero-order valence-corrected chi connectivity index (χ0v) is 13.9. The summed E-state index contributed by atoms with van der Waals surface area (Å²) >= 11 is 7.77. The molecule has 0 aliphatic rings. The van der Waals surface area contributed by atoms with Gasteiger partial charge in [-0.05, 0) is 24.6 Å². The summed E-state index contributed by atoms with van der Waals surface area (Å²) in [6.07, 6.45) is 1.40. The van der Waals surface area contributed by atoms with Gasteiger partial charge in [0.1, 0.15) is 5.03 Å². The monoisotopic (exact) mass is 339 g/mol. The second-order valence-electron chi connectivity index (χ2n) is 4.99. The first kappa shape index (κ1) is 15.8. The van der Waals surface area contributed by atoms with E-state index in [4.69, 9.17) is 21.8 Å². The lowest BCUT2D eigenvalue weighted by Gasteiger charge is -2.08. The molecule has 0 fully saturated rings. The lowest BCUT2D eigenvalue weighted by atomic mass is 10.2. The minimum Gasteiger partial charge on any atom is -0.228 e.